The predicted octanol–water partition coefficient (Wildman–Crippen LogP) is 4.48. The Morgan fingerprint density at radius 3 is 2.50 bits per heavy atom. The van der Waals surface area contributed by atoms with Crippen LogP contribution in [0.3, 0.4) is 0 Å². The molecule has 0 aromatic carbocycles. The largest absolute Gasteiger partial charge is 0.355 e. The summed E-state index contributed by atoms with van der Waals surface area (Å²) in [6.07, 6.45) is 9.13. The Morgan fingerprint density at radius 1 is 1.25 bits per heavy atom. The van der Waals surface area contributed by atoms with E-state index in [2.05, 4.69) is 48.8 Å². The van der Waals surface area contributed by atoms with E-state index in [1.807, 2.05) is 0 Å². The lowest BCUT2D eigenvalue weighted by Gasteiger charge is -2.28. The molecule has 1 N–H and O–H groups in total. The molecule has 1 fully saturated rings. The highest BCUT2D eigenvalue weighted by Gasteiger charge is 2.20. The quantitative estimate of drug-likeness (QED) is 0.831. The molecule has 0 saturated heterocycles. The Hall–Kier alpha value is -0.990. The van der Waals surface area contributed by atoms with E-state index in [0.717, 1.165) is 36.6 Å². The molecule has 0 spiro atoms. The third-order valence-electron chi connectivity index (χ3n) is 4.55. The fraction of sp³-hybridized carbons (Fsp3) is 0.824. The van der Waals surface area contributed by atoms with Crippen LogP contribution in [0, 0.1) is 24.7 Å². The number of nitrogens with zero attached hydrogens (tertiary/aromatic N) is 2. The number of hydrogen-bond donors (Lipinski definition) is 1. The fourth-order valence-electron chi connectivity index (χ4n) is 3.30. The molecule has 1 aliphatic carbocycles. The molecule has 0 bridgehead atoms. The Balaban J connectivity index is 1.85. The fourth-order valence-corrected chi connectivity index (χ4v) is 3.30. The molecule has 3 nitrogen and oxygen atoms in total. The van der Waals surface area contributed by atoms with E-state index >= 15 is 0 Å². The van der Waals surface area contributed by atoms with Crippen molar-refractivity contribution in [2.75, 3.05) is 11.9 Å². The van der Waals surface area contributed by atoms with Crippen molar-refractivity contribution in [2.45, 2.75) is 66.3 Å². The third kappa shape index (κ3) is 4.26. The van der Waals surface area contributed by atoms with Gasteiger partial charge in [-0.1, -0.05) is 40.0 Å². The number of nitrogens with one attached hydrogen (secondary N) is 1. The third-order valence-corrected chi connectivity index (χ3v) is 4.55. The van der Waals surface area contributed by atoms with Gasteiger partial charge in [-0.05, 0) is 37.5 Å². The zero-order valence-corrected chi connectivity index (χ0v) is 13.7. The number of aryl methyl sites for hydroxylation is 1. The first-order valence-electron chi connectivity index (χ1n) is 8.36. The maximum absolute atomic E-state index is 4.63. The van der Waals surface area contributed by atoms with E-state index in [9.17, 15) is 0 Å². The second-order valence-electron chi connectivity index (χ2n) is 6.93. The van der Waals surface area contributed by atoms with Gasteiger partial charge in [-0.15, -0.1) is 0 Å². The average Bonchev–Trinajstić information content (AvgIpc) is 2.76. The van der Waals surface area contributed by atoms with Crippen molar-refractivity contribution < 1.29 is 0 Å². The number of anilines is 1. The van der Waals surface area contributed by atoms with E-state index in [1.54, 1.807) is 0 Å². The number of imidazole rings is 1. The van der Waals surface area contributed by atoms with Crippen LogP contribution in [0.5, 0.6) is 0 Å². The predicted molar refractivity (Wildman–Crippen MR) is 86.0 cm³/mol. The minimum atomic E-state index is 0.657. The molecule has 0 unspecified atom stereocenters. The van der Waals surface area contributed by atoms with Gasteiger partial charge >= 0.3 is 0 Å². The maximum atomic E-state index is 4.63. The van der Waals surface area contributed by atoms with Crippen molar-refractivity contribution in [3.8, 4) is 0 Å². The van der Waals surface area contributed by atoms with Gasteiger partial charge < -0.3 is 9.88 Å². The second kappa shape index (κ2) is 7.14. The van der Waals surface area contributed by atoms with Gasteiger partial charge in [0.2, 0.25) is 5.95 Å². The smallest absolute Gasteiger partial charge is 0.203 e. The van der Waals surface area contributed by atoms with E-state index in [4.69, 9.17) is 0 Å². The molecule has 20 heavy (non-hydrogen) atoms. The summed E-state index contributed by atoms with van der Waals surface area (Å²) in [4.78, 5) is 4.63. The maximum Gasteiger partial charge on any atom is 0.203 e. The second-order valence-corrected chi connectivity index (χ2v) is 6.93. The lowest BCUT2D eigenvalue weighted by Crippen LogP contribution is -2.22. The Morgan fingerprint density at radius 2 is 1.90 bits per heavy atom. The van der Waals surface area contributed by atoms with Crippen LogP contribution in [0.1, 0.15) is 58.6 Å². The van der Waals surface area contributed by atoms with Crippen molar-refractivity contribution in [1.29, 1.82) is 0 Å². The lowest BCUT2D eigenvalue weighted by molar-refractivity contribution is 0.278. The van der Waals surface area contributed by atoms with Crippen LogP contribution in [-0.4, -0.2) is 16.1 Å². The van der Waals surface area contributed by atoms with Crippen molar-refractivity contribution in [3.05, 3.63) is 11.9 Å². The summed E-state index contributed by atoms with van der Waals surface area (Å²) in [5, 5.41) is 3.59. The SMILES string of the molecule is CCC1CCC(CNc2nc(C)cn2CC(C)C)CC1. The van der Waals surface area contributed by atoms with Gasteiger partial charge in [-0.2, -0.15) is 0 Å². The van der Waals surface area contributed by atoms with Gasteiger partial charge in [0.15, 0.2) is 0 Å². The van der Waals surface area contributed by atoms with Gasteiger partial charge in [0.05, 0.1) is 5.69 Å². The minimum Gasteiger partial charge on any atom is -0.355 e. The van der Waals surface area contributed by atoms with Gasteiger partial charge in [-0.3, -0.25) is 0 Å². The molecule has 0 aliphatic heterocycles. The van der Waals surface area contributed by atoms with E-state index in [0.29, 0.717) is 5.92 Å². The summed E-state index contributed by atoms with van der Waals surface area (Å²) in [5.74, 6) is 3.54. The summed E-state index contributed by atoms with van der Waals surface area (Å²) < 4.78 is 2.28. The summed E-state index contributed by atoms with van der Waals surface area (Å²) in [6, 6.07) is 0. The minimum absolute atomic E-state index is 0.657. The van der Waals surface area contributed by atoms with Crippen LogP contribution in [0.15, 0.2) is 6.20 Å². The molecule has 0 atom stereocenters. The van der Waals surface area contributed by atoms with E-state index < -0.39 is 0 Å². The van der Waals surface area contributed by atoms with Gasteiger partial charge in [0.25, 0.3) is 0 Å². The molecule has 114 valence electrons. The van der Waals surface area contributed by atoms with Crippen LogP contribution in [0.2, 0.25) is 0 Å². The van der Waals surface area contributed by atoms with Gasteiger partial charge in [0, 0.05) is 19.3 Å². The van der Waals surface area contributed by atoms with Crippen molar-refractivity contribution in [3.63, 3.8) is 0 Å². The van der Waals surface area contributed by atoms with Crippen molar-refractivity contribution >= 4 is 5.95 Å². The molecular weight excluding hydrogens is 246 g/mol. The zero-order valence-electron chi connectivity index (χ0n) is 13.7. The Kier molecular flexibility index (Phi) is 5.50. The highest BCUT2D eigenvalue weighted by molar-refractivity contribution is 5.28. The first-order valence-corrected chi connectivity index (χ1v) is 8.36. The monoisotopic (exact) mass is 277 g/mol. The molecule has 0 radical (unpaired) electrons. The Labute approximate surface area is 124 Å². The van der Waals surface area contributed by atoms with E-state index in [-0.39, 0.29) is 0 Å². The van der Waals surface area contributed by atoms with Crippen molar-refractivity contribution in [2.24, 2.45) is 17.8 Å². The molecule has 1 aliphatic rings. The number of hydrogen-bond acceptors (Lipinski definition) is 2. The van der Waals surface area contributed by atoms with Crippen LogP contribution < -0.4 is 5.32 Å². The first-order chi connectivity index (χ1) is 9.58. The number of aromatic nitrogens is 2. The zero-order chi connectivity index (χ0) is 14.5. The van der Waals surface area contributed by atoms with E-state index in [1.165, 1.54) is 32.1 Å². The van der Waals surface area contributed by atoms with Crippen LogP contribution in [-0.2, 0) is 6.54 Å². The standard InChI is InChI=1S/C17H31N3/c1-5-15-6-8-16(9-7-15)10-18-17-19-14(4)12-20(17)11-13(2)3/h12-13,15-16H,5-11H2,1-4H3,(H,18,19). The summed E-state index contributed by atoms with van der Waals surface area (Å²) >= 11 is 0. The lowest BCUT2D eigenvalue weighted by atomic mass is 9.81. The summed E-state index contributed by atoms with van der Waals surface area (Å²) in [7, 11) is 0. The van der Waals surface area contributed by atoms with Crippen LogP contribution in [0.25, 0.3) is 0 Å². The highest BCUT2D eigenvalue weighted by Crippen LogP contribution is 2.30. The van der Waals surface area contributed by atoms with Crippen LogP contribution >= 0.6 is 0 Å². The molecular formula is C17H31N3. The topological polar surface area (TPSA) is 29.9 Å². The molecule has 3 heteroatoms. The highest BCUT2D eigenvalue weighted by atomic mass is 15.2. The summed E-state index contributed by atoms with van der Waals surface area (Å²) in [6.45, 7) is 11.1. The summed E-state index contributed by atoms with van der Waals surface area (Å²) in [5.41, 5.74) is 1.11. The number of rotatable bonds is 6. The van der Waals surface area contributed by atoms with Gasteiger partial charge in [0.1, 0.15) is 0 Å². The molecule has 0 amide bonds. The molecule has 1 saturated carbocycles. The molecule has 1 heterocycles. The van der Waals surface area contributed by atoms with Gasteiger partial charge in [-0.25, -0.2) is 4.98 Å². The molecule has 1 aromatic rings. The normalized spacial score (nSPS) is 23.2. The molecule has 2 rings (SSSR count). The first kappa shape index (κ1) is 15.4. The molecule has 1 aromatic heterocycles. The average molecular weight is 277 g/mol. The Bertz CT molecular complexity index is 400. The van der Waals surface area contributed by atoms with Crippen LogP contribution in [0.4, 0.5) is 5.95 Å². The van der Waals surface area contributed by atoms with Crippen molar-refractivity contribution in [1.82, 2.24) is 9.55 Å².